The maximum absolute atomic E-state index is 11.3. The number of aromatic nitrogens is 5. The van der Waals surface area contributed by atoms with Crippen LogP contribution in [-0.4, -0.2) is 39.4 Å². The third-order valence-corrected chi connectivity index (χ3v) is 3.62. The van der Waals surface area contributed by atoms with Crippen molar-refractivity contribution in [3.8, 4) is 0 Å². The lowest BCUT2D eigenvalue weighted by Crippen LogP contribution is -2.04. The van der Waals surface area contributed by atoms with Gasteiger partial charge in [-0.25, -0.2) is 8.42 Å². The van der Waals surface area contributed by atoms with Crippen LogP contribution in [0.2, 0.25) is 0 Å². The molecule has 0 atom stereocenters. The first-order valence-corrected chi connectivity index (χ1v) is 7.42. The van der Waals surface area contributed by atoms with E-state index in [9.17, 15) is 8.42 Å². The Balaban J connectivity index is 2.24. The lowest BCUT2D eigenvalue weighted by Gasteiger charge is -1.97. The molecule has 0 aliphatic rings. The van der Waals surface area contributed by atoms with Crippen molar-refractivity contribution in [3.63, 3.8) is 0 Å². The molecule has 98 valence electrons. The van der Waals surface area contributed by atoms with Gasteiger partial charge in [-0.15, -0.1) is 0 Å². The molecule has 0 spiro atoms. The van der Waals surface area contributed by atoms with Crippen LogP contribution in [0.5, 0.6) is 0 Å². The lowest BCUT2D eigenvalue weighted by molar-refractivity contribution is 0.555. The molecule has 2 aromatic heterocycles. The average molecular weight is 269 g/mol. The van der Waals surface area contributed by atoms with Gasteiger partial charge in [0.05, 0.1) is 25.0 Å². The van der Waals surface area contributed by atoms with E-state index in [-0.39, 0.29) is 4.90 Å². The van der Waals surface area contributed by atoms with Crippen LogP contribution in [0, 0.1) is 6.92 Å². The Morgan fingerprint density at radius 1 is 1.33 bits per heavy atom. The average Bonchev–Trinajstić information content (AvgIpc) is 2.86. The normalized spacial score (nSPS) is 11.9. The van der Waals surface area contributed by atoms with Gasteiger partial charge in [-0.3, -0.25) is 4.68 Å². The minimum atomic E-state index is -3.21. The number of aryl methyl sites for hydroxylation is 2. The van der Waals surface area contributed by atoms with Gasteiger partial charge in [-0.05, 0) is 13.8 Å². The maximum Gasteiger partial charge on any atom is 0.178 e. The molecule has 2 aromatic rings. The van der Waals surface area contributed by atoms with E-state index in [1.807, 2.05) is 13.8 Å². The van der Waals surface area contributed by atoms with Crippen molar-refractivity contribution in [2.45, 2.75) is 31.8 Å². The minimum absolute atomic E-state index is 0.211. The number of sulfone groups is 1. The lowest BCUT2D eigenvalue weighted by atomic mass is 10.3. The largest absolute Gasteiger partial charge is 0.265 e. The summed E-state index contributed by atoms with van der Waals surface area (Å²) in [7, 11) is -3.21. The summed E-state index contributed by atoms with van der Waals surface area (Å²) < 4.78 is 24.2. The summed E-state index contributed by atoms with van der Waals surface area (Å²) in [6, 6.07) is 0. The van der Waals surface area contributed by atoms with Crippen molar-refractivity contribution in [3.05, 3.63) is 23.8 Å². The highest BCUT2D eigenvalue weighted by atomic mass is 32.2. The number of nitrogens with zero attached hydrogens (tertiary/aromatic N) is 5. The molecule has 0 aromatic carbocycles. The van der Waals surface area contributed by atoms with Crippen molar-refractivity contribution in [2.75, 3.05) is 6.26 Å². The first-order chi connectivity index (χ1) is 8.40. The van der Waals surface area contributed by atoms with E-state index in [1.54, 1.807) is 9.48 Å². The summed E-state index contributed by atoms with van der Waals surface area (Å²) in [6.45, 7) is 4.95. The third-order valence-electron chi connectivity index (χ3n) is 2.55. The van der Waals surface area contributed by atoms with Crippen LogP contribution in [0.15, 0.2) is 17.3 Å². The van der Waals surface area contributed by atoms with Crippen LogP contribution in [0.1, 0.15) is 18.3 Å². The van der Waals surface area contributed by atoms with Gasteiger partial charge < -0.3 is 0 Å². The fourth-order valence-electron chi connectivity index (χ4n) is 1.53. The van der Waals surface area contributed by atoms with E-state index >= 15 is 0 Å². The standard InChI is InChI=1S/C10H15N5O2S/c1-4-15-12-8(2)10(13-15)7-14-6-9(5-11-14)18(3,16)17/h5-6H,4,7H2,1-3H3. The topological polar surface area (TPSA) is 82.7 Å². The van der Waals surface area contributed by atoms with Gasteiger partial charge in [0, 0.05) is 12.5 Å². The van der Waals surface area contributed by atoms with E-state index in [1.165, 1.54) is 12.4 Å². The van der Waals surface area contributed by atoms with Gasteiger partial charge in [0.1, 0.15) is 10.6 Å². The van der Waals surface area contributed by atoms with E-state index in [0.717, 1.165) is 17.6 Å². The molecule has 0 amide bonds. The van der Waals surface area contributed by atoms with Crippen molar-refractivity contribution >= 4 is 9.84 Å². The predicted octanol–water partition coefficient (Wildman–Crippen LogP) is 0.255. The highest BCUT2D eigenvalue weighted by Gasteiger charge is 2.12. The molecule has 0 aliphatic heterocycles. The highest BCUT2D eigenvalue weighted by molar-refractivity contribution is 7.90. The Morgan fingerprint density at radius 3 is 2.56 bits per heavy atom. The molecule has 0 unspecified atom stereocenters. The molecule has 7 nitrogen and oxygen atoms in total. The quantitative estimate of drug-likeness (QED) is 0.794. The number of hydrogen-bond donors (Lipinski definition) is 0. The zero-order valence-corrected chi connectivity index (χ0v) is 11.3. The van der Waals surface area contributed by atoms with Crippen molar-refractivity contribution in [1.29, 1.82) is 0 Å². The third kappa shape index (κ3) is 2.58. The summed E-state index contributed by atoms with van der Waals surface area (Å²) in [6.07, 6.45) is 4.00. The fourth-order valence-corrected chi connectivity index (χ4v) is 2.08. The van der Waals surface area contributed by atoms with Crippen LogP contribution >= 0.6 is 0 Å². The van der Waals surface area contributed by atoms with Crippen LogP contribution < -0.4 is 0 Å². The molecular weight excluding hydrogens is 254 g/mol. The summed E-state index contributed by atoms with van der Waals surface area (Å²) in [5, 5.41) is 12.5. The second kappa shape index (κ2) is 4.52. The molecule has 8 heteroatoms. The Bertz CT molecular complexity index is 656. The Kier molecular flexibility index (Phi) is 3.20. The van der Waals surface area contributed by atoms with E-state index in [2.05, 4.69) is 15.3 Å². The van der Waals surface area contributed by atoms with Crippen molar-refractivity contribution < 1.29 is 8.42 Å². The van der Waals surface area contributed by atoms with Crippen molar-refractivity contribution in [1.82, 2.24) is 24.8 Å². The minimum Gasteiger partial charge on any atom is -0.265 e. The van der Waals surface area contributed by atoms with Gasteiger partial charge in [0.2, 0.25) is 0 Å². The second-order valence-electron chi connectivity index (χ2n) is 4.07. The summed E-state index contributed by atoms with van der Waals surface area (Å²) in [5.41, 5.74) is 1.62. The smallest absolute Gasteiger partial charge is 0.178 e. The first kappa shape index (κ1) is 12.7. The van der Waals surface area contributed by atoms with E-state index in [0.29, 0.717) is 13.1 Å². The second-order valence-corrected chi connectivity index (χ2v) is 6.08. The van der Waals surface area contributed by atoms with Gasteiger partial charge >= 0.3 is 0 Å². The van der Waals surface area contributed by atoms with Gasteiger partial charge in [0.15, 0.2) is 9.84 Å². The molecular formula is C10H15N5O2S. The van der Waals surface area contributed by atoms with Crippen molar-refractivity contribution in [2.24, 2.45) is 0 Å². The molecule has 0 aliphatic carbocycles. The molecule has 0 fully saturated rings. The highest BCUT2D eigenvalue weighted by Crippen LogP contribution is 2.09. The SMILES string of the molecule is CCn1nc(C)c(Cn2cc(S(C)(=O)=O)cn2)n1. The van der Waals surface area contributed by atoms with Gasteiger partial charge in [-0.1, -0.05) is 0 Å². The van der Waals surface area contributed by atoms with Crippen LogP contribution in [0.25, 0.3) is 0 Å². The van der Waals surface area contributed by atoms with E-state index in [4.69, 9.17) is 0 Å². The summed E-state index contributed by atoms with van der Waals surface area (Å²) in [4.78, 5) is 1.81. The number of hydrogen-bond acceptors (Lipinski definition) is 5. The molecule has 2 rings (SSSR count). The molecule has 0 radical (unpaired) electrons. The predicted molar refractivity (Wildman–Crippen MR) is 64.9 cm³/mol. The zero-order valence-electron chi connectivity index (χ0n) is 10.5. The monoisotopic (exact) mass is 269 g/mol. The first-order valence-electron chi connectivity index (χ1n) is 5.53. The molecule has 0 bridgehead atoms. The Labute approximate surface area is 105 Å². The molecule has 2 heterocycles. The Hall–Kier alpha value is -1.70. The molecule has 0 saturated carbocycles. The number of rotatable bonds is 4. The van der Waals surface area contributed by atoms with Gasteiger partial charge in [-0.2, -0.15) is 20.1 Å². The molecule has 18 heavy (non-hydrogen) atoms. The summed E-state index contributed by atoms with van der Waals surface area (Å²) in [5.74, 6) is 0. The fraction of sp³-hybridized carbons (Fsp3) is 0.500. The van der Waals surface area contributed by atoms with Gasteiger partial charge in [0.25, 0.3) is 0 Å². The summed E-state index contributed by atoms with van der Waals surface area (Å²) >= 11 is 0. The van der Waals surface area contributed by atoms with Crippen LogP contribution in [0.4, 0.5) is 0 Å². The van der Waals surface area contributed by atoms with Crippen LogP contribution in [-0.2, 0) is 22.9 Å². The Morgan fingerprint density at radius 2 is 2.06 bits per heavy atom. The van der Waals surface area contributed by atoms with E-state index < -0.39 is 9.84 Å². The zero-order chi connectivity index (χ0) is 13.3. The van der Waals surface area contributed by atoms with Crippen LogP contribution in [0.3, 0.4) is 0 Å². The maximum atomic E-state index is 11.3. The molecule has 0 N–H and O–H groups in total. The molecule has 0 saturated heterocycles.